The maximum atomic E-state index is 12.4. The number of hydrogen-bond acceptors (Lipinski definition) is 4. The summed E-state index contributed by atoms with van der Waals surface area (Å²) < 4.78 is 5.88. The minimum Gasteiger partial charge on any atom is -0.478 e. The second-order valence-corrected chi connectivity index (χ2v) is 6.27. The van der Waals surface area contributed by atoms with Crippen molar-refractivity contribution in [3.8, 4) is 17.9 Å². The van der Waals surface area contributed by atoms with Crippen molar-refractivity contribution in [3.63, 3.8) is 0 Å². The second kappa shape index (κ2) is 9.41. The number of hydrogen-bond donors (Lipinski definition) is 1. The Bertz CT molecular complexity index is 896. The molecule has 0 aliphatic carbocycles. The van der Waals surface area contributed by atoms with Crippen molar-refractivity contribution in [1.82, 2.24) is 5.32 Å². The number of carbonyl (C=O) groups excluding carboxylic acids is 1. The van der Waals surface area contributed by atoms with Gasteiger partial charge >= 0.3 is 0 Å². The topological polar surface area (TPSA) is 85.9 Å². The van der Waals surface area contributed by atoms with Gasteiger partial charge in [-0.2, -0.15) is 10.5 Å². The maximum absolute atomic E-state index is 12.4. The summed E-state index contributed by atoms with van der Waals surface area (Å²) >= 11 is 3.35. The first kappa shape index (κ1) is 19.2. The second-order valence-electron chi connectivity index (χ2n) is 5.41. The van der Waals surface area contributed by atoms with Crippen LogP contribution in [-0.2, 0) is 4.79 Å². The summed E-state index contributed by atoms with van der Waals surface area (Å²) in [6.07, 6.45) is 1.51. The molecule has 0 unspecified atom stereocenters. The van der Waals surface area contributed by atoms with Gasteiger partial charge in [-0.3, -0.25) is 4.79 Å². The van der Waals surface area contributed by atoms with E-state index in [9.17, 15) is 10.1 Å². The molecule has 0 aromatic heterocycles. The van der Waals surface area contributed by atoms with Crippen molar-refractivity contribution < 1.29 is 9.53 Å². The van der Waals surface area contributed by atoms with Crippen molar-refractivity contribution >= 4 is 27.9 Å². The molecule has 0 saturated heterocycles. The number of nitrogens with one attached hydrogen (secondary N) is 1. The average molecular weight is 410 g/mol. The fraction of sp³-hybridized carbons (Fsp3) is 0.150. The zero-order valence-corrected chi connectivity index (χ0v) is 15.7. The highest BCUT2D eigenvalue weighted by Gasteiger charge is 2.14. The first-order valence-electron chi connectivity index (χ1n) is 7.82. The van der Waals surface area contributed by atoms with Crippen molar-refractivity contribution in [3.05, 3.63) is 69.7 Å². The van der Waals surface area contributed by atoms with Crippen LogP contribution in [0.1, 0.15) is 24.1 Å². The Morgan fingerprint density at radius 2 is 2.00 bits per heavy atom. The van der Waals surface area contributed by atoms with Crippen LogP contribution in [0.5, 0.6) is 5.75 Å². The van der Waals surface area contributed by atoms with E-state index in [0.717, 1.165) is 5.56 Å². The van der Waals surface area contributed by atoms with Gasteiger partial charge in [0.25, 0.3) is 5.91 Å². The Morgan fingerprint density at radius 1 is 1.27 bits per heavy atom. The van der Waals surface area contributed by atoms with Gasteiger partial charge in [0.2, 0.25) is 0 Å². The molecule has 0 saturated carbocycles. The van der Waals surface area contributed by atoms with Gasteiger partial charge in [0.05, 0.1) is 10.5 Å². The molecule has 26 heavy (non-hydrogen) atoms. The van der Waals surface area contributed by atoms with E-state index in [4.69, 9.17) is 10.00 Å². The summed E-state index contributed by atoms with van der Waals surface area (Å²) in [6, 6.07) is 18.2. The van der Waals surface area contributed by atoms with Crippen molar-refractivity contribution in [2.75, 3.05) is 6.61 Å². The van der Waals surface area contributed by atoms with E-state index in [-0.39, 0.29) is 18.2 Å². The van der Waals surface area contributed by atoms with Crippen molar-refractivity contribution in [1.29, 1.82) is 10.5 Å². The summed E-state index contributed by atoms with van der Waals surface area (Å²) in [7, 11) is 0. The molecule has 0 heterocycles. The number of amides is 1. The van der Waals surface area contributed by atoms with Crippen LogP contribution in [0.25, 0.3) is 6.08 Å². The summed E-state index contributed by atoms with van der Waals surface area (Å²) in [5, 5.41) is 20.7. The van der Waals surface area contributed by atoms with Gasteiger partial charge in [-0.25, -0.2) is 0 Å². The molecule has 0 fully saturated rings. The van der Waals surface area contributed by atoms with E-state index >= 15 is 0 Å². The lowest BCUT2D eigenvalue weighted by atomic mass is 10.1. The fourth-order valence-electron chi connectivity index (χ4n) is 2.25. The molecule has 0 spiro atoms. The van der Waals surface area contributed by atoms with Crippen LogP contribution in [-0.4, -0.2) is 12.5 Å². The lowest BCUT2D eigenvalue weighted by Gasteiger charge is -2.13. The van der Waals surface area contributed by atoms with E-state index in [0.29, 0.717) is 15.8 Å². The molecule has 1 amide bonds. The molecular weight excluding hydrogens is 394 g/mol. The molecule has 0 aliphatic heterocycles. The van der Waals surface area contributed by atoms with Gasteiger partial charge in [-0.15, -0.1) is 0 Å². The number of carbonyl (C=O) groups is 1. The van der Waals surface area contributed by atoms with E-state index in [1.165, 1.54) is 6.08 Å². The summed E-state index contributed by atoms with van der Waals surface area (Å²) in [5.74, 6) is 0.0779. The molecule has 6 heteroatoms. The van der Waals surface area contributed by atoms with Crippen LogP contribution in [0, 0.1) is 22.7 Å². The zero-order chi connectivity index (χ0) is 18.9. The Labute approximate surface area is 160 Å². The number of rotatable bonds is 6. The summed E-state index contributed by atoms with van der Waals surface area (Å²) in [5.41, 5.74) is 1.63. The molecule has 0 bridgehead atoms. The normalized spacial score (nSPS) is 11.8. The van der Waals surface area contributed by atoms with Crippen LogP contribution in [0.2, 0.25) is 0 Å². The van der Waals surface area contributed by atoms with Gasteiger partial charge in [-0.1, -0.05) is 36.4 Å². The van der Waals surface area contributed by atoms with E-state index in [1.807, 2.05) is 49.4 Å². The largest absolute Gasteiger partial charge is 0.478 e. The molecule has 130 valence electrons. The third-order valence-corrected chi connectivity index (χ3v) is 4.19. The molecule has 2 aromatic carbocycles. The lowest BCUT2D eigenvalue weighted by molar-refractivity contribution is -0.117. The number of ether oxygens (including phenoxy) is 1. The number of halogens is 1. The van der Waals surface area contributed by atoms with Crippen LogP contribution < -0.4 is 10.1 Å². The Hall–Kier alpha value is -3.09. The van der Waals surface area contributed by atoms with Gasteiger partial charge in [0, 0.05) is 0 Å². The fourth-order valence-corrected chi connectivity index (χ4v) is 2.76. The molecule has 1 atom stereocenters. The average Bonchev–Trinajstić information content (AvgIpc) is 2.66. The quantitative estimate of drug-likeness (QED) is 0.573. The highest BCUT2D eigenvalue weighted by atomic mass is 79.9. The highest BCUT2D eigenvalue weighted by Crippen LogP contribution is 2.27. The minimum absolute atomic E-state index is 0.00498. The Morgan fingerprint density at radius 3 is 2.62 bits per heavy atom. The monoisotopic (exact) mass is 409 g/mol. The van der Waals surface area contributed by atoms with Crippen LogP contribution in [0.4, 0.5) is 0 Å². The highest BCUT2D eigenvalue weighted by molar-refractivity contribution is 9.10. The molecule has 0 aliphatic rings. The third kappa shape index (κ3) is 5.20. The molecule has 2 rings (SSSR count). The van der Waals surface area contributed by atoms with Crippen molar-refractivity contribution in [2.24, 2.45) is 0 Å². The predicted octanol–water partition coefficient (Wildman–Crippen LogP) is 4.14. The molecule has 0 radical (unpaired) electrons. The van der Waals surface area contributed by atoms with Crippen LogP contribution in [0.15, 0.2) is 58.6 Å². The summed E-state index contributed by atoms with van der Waals surface area (Å²) in [6.45, 7) is 1.80. The molecular formula is C20H16BrN3O2. The summed E-state index contributed by atoms with van der Waals surface area (Å²) in [4.78, 5) is 12.4. The first-order valence-corrected chi connectivity index (χ1v) is 8.61. The van der Waals surface area contributed by atoms with E-state index in [2.05, 4.69) is 21.2 Å². The van der Waals surface area contributed by atoms with Gasteiger partial charge in [-0.05, 0) is 52.2 Å². The predicted molar refractivity (Wildman–Crippen MR) is 102 cm³/mol. The van der Waals surface area contributed by atoms with Crippen LogP contribution in [0.3, 0.4) is 0 Å². The number of benzene rings is 2. The van der Waals surface area contributed by atoms with Gasteiger partial charge in [0.1, 0.15) is 23.5 Å². The molecule has 5 nitrogen and oxygen atoms in total. The Balaban J connectivity index is 2.14. The van der Waals surface area contributed by atoms with Gasteiger partial charge < -0.3 is 10.1 Å². The smallest absolute Gasteiger partial charge is 0.262 e. The van der Waals surface area contributed by atoms with Crippen molar-refractivity contribution in [2.45, 2.75) is 13.0 Å². The number of nitriles is 2. The minimum atomic E-state index is -0.440. The van der Waals surface area contributed by atoms with E-state index < -0.39 is 5.91 Å². The zero-order valence-electron chi connectivity index (χ0n) is 14.1. The van der Waals surface area contributed by atoms with Crippen LogP contribution >= 0.6 is 15.9 Å². The third-order valence-electron chi connectivity index (χ3n) is 3.57. The standard InChI is InChI=1S/C20H16BrN3O2/c1-14(16-5-3-2-4-6-16)24-20(25)17(13-23)11-15-7-8-19(18(21)12-15)26-10-9-22/h2-8,11-12,14H,10H2,1H3,(H,24,25)/b17-11+/t14-/m0/s1. The SMILES string of the molecule is C[C@H](NC(=O)/C(C#N)=C/c1ccc(OCC#N)c(Br)c1)c1ccccc1. The Kier molecular flexibility index (Phi) is 6.96. The van der Waals surface area contributed by atoms with Gasteiger partial charge in [0.15, 0.2) is 6.61 Å². The lowest BCUT2D eigenvalue weighted by Crippen LogP contribution is -2.27. The number of nitrogens with zero attached hydrogens (tertiary/aromatic N) is 2. The molecule has 2 aromatic rings. The van der Waals surface area contributed by atoms with E-state index in [1.54, 1.807) is 18.2 Å². The molecule has 1 N–H and O–H groups in total. The first-order chi connectivity index (χ1) is 12.5. The maximum Gasteiger partial charge on any atom is 0.262 e.